The molecule has 0 fully saturated rings. The van der Waals surface area contributed by atoms with Gasteiger partial charge in [0.15, 0.2) is 11.7 Å². The van der Waals surface area contributed by atoms with Gasteiger partial charge in [0.2, 0.25) is 5.43 Å². The molecule has 3 N–H and O–H groups in total. The Morgan fingerprint density at radius 2 is 2.14 bits per heavy atom. The van der Waals surface area contributed by atoms with Crippen molar-refractivity contribution in [1.82, 2.24) is 15.5 Å². The standard InChI is InChI=1S/C13H13N3O5/c1-21-13(20)9(6-17)14-12(19)10-11(18)7-4-2-3-5-8(7)15-16-10/h2-5,9,17H,6H2,1H3,(H,14,19)(H,15,18)/t9-/m0/s1. The largest absolute Gasteiger partial charge is 0.467 e. The van der Waals surface area contributed by atoms with Gasteiger partial charge in [-0.1, -0.05) is 12.1 Å². The molecule has 0 aliphatic heterocycles. The van der Waals surface area contributed by atoms with Crippen LogP contribution in [0.15, 0.2) is 29.1 Å². The Kier molecular flexibility index (Phi) is 4.29. The predicted molar refractivity (Wildman–Crippen MR) is 72.7 cm³/mol. The first-order valence-corrected chi connectivity index (χ1v) is 6.05. The summed E-state index contributed by atoms with van der Waals surface area (Å²) in [7, 11) is 1.12. The van der Waals surface area contributed by atoms with Crippen molar-refractivity contribution >= 4 is 22.8 Å². The lowest BCUT2D eigenvalue weighted by Gasteiger charge is -2.13. The number of benzene rings is 1. The number of aromatic nitrogens is 2. The fourth-order valence-corrected chi connectivity index (χ4v) is 1.77. The van der Waals surface area contributed by atoms with E-state index < -0.39 is 35.6 Å². The normalized spacial score (nSPS) is 11.9. The smallest absolute Gasteiger partial charge is 0.330 e. The number of nitrogens with zero attached hydrogens (tertiary/aromatic N) is 1. The number of para-hydroxylation sites is 1. The van der Waals surface area contributed by atoms with Crippen LogP contribution in [0.25, 0.3) is 10.9 Å². The lowest BCUT2D eigenvalue weighted by molar-refractivity contribution is -0.143. The van der Waals surface area contributed by atoms with Crippen molar-refractivity contribution in [3.8, 4) is 0 Å². The zero-order chi connectivity index (χ0) is 15.4. The molecule has 0 saturated heterocycles. The van der Waals surface area contributed by atoms with Gasteiger partial charge in [-0.2, -0.15) is 5.10 Å². The number of aromatic amines is 1. The van der Waals surface area contributed by atoms with Crippen LogP contribution in [-0.2, 0) is 9.53 Å². The van der Waals surface area contributed by atoms with Gasteiger partial charge in [-0.3, -0.25) is 14.7 Å². The van der Waals surface area contributed by atoms with Gasteiger partial charge in [0.1, 0.15) is 0 Å². The van der Waals surface area contributed by atoms with E-state index in [-0.39, 0.29) is 0 Å². The number of amides is 1. The van der Waals surface area contributed by atoms with Gasteiger partial charge < -0.3 is 15.2 Å². The molecule has 1 amide bonds. The summed E-state index contributed by atoms with van der Waals surface area (Å²) in [6.07, 6.45) is 0. The minimum atomic E-state index is -1.25. The van der Waals surface area contributed by atoms with E-state index in [2.05, 4.69) is 20.3 Å². The monoisotopic (exact) mass is 291 g/mol. The quantitative estimate of drug-likeness (QED) is 0.633. The second kappa shape index (κ2) is 6.14. The van der Waals surface area contributed by atoms with Crippen molar-refractivity contribution < 1.29 is 19.4 Å². The van der Waals surface area contributed by atoms with Crippen LogP contribution in [0.5, 0.6) is 0 Å². The van der Waals surface area contributed by atoms with Gasteiger partial charge in [0.25, 0.3) is 5.91 Å². The highest BCUT2D eigenvalue weighted by Crippen LogP contribution is 2.05. The molecule has 0 aliphatic carbocycles. The fourth-order valence-electron chi connectivity index (χ4n) is 1.77. The Morgan fingerprint density at radius 1 is 1.43 bits per heavy atom. The first-order chi connectivity index (χ1) is 10.1. The van der Waals surface area contributed by atoms with Crippen LogP contribution in [0.1, 0.15) is 10.5 Å². The van der Waals surface area contributed by atoms with Crippen LogP contribution >= 0.6 is 0 Å². The van der Waals surface area contributed by atoms with E-state index in [9.17, 15) is 14.4 Å². The van der Waals surface area contributed by atoms with E-state index in [1.807, 2.05) is 0 Å². The average molecular weight is 291 g/mol. The van der Waals surface area contributed by atoms with Crippen LogP contribution in [0.4, 0.5) is 0 Å². The van der Waals surface area contributed by atoms with Crippen LogP contribution in [0.3, 0.4) is 0 Å². The molecule has 8 nitrogen and oxygen atoms in total. The van der Waals surface area contributed by atoms with E-state index in [1.165, 1.54) is 0 Å². The summed E-state index contributed by atoms with van der Waals surface area (Å²) in [6.45, 7) is -0.649. The van der Waals surface area contributed by atoms with Crippen molar-refractivity contribution in [2.24, 2.45) is 0 Å². The number of hydrogen-bond acceptors (Lipinski definition) is 6. The number of carbonyl (C=O) groups excluding carboxylic acids is 2. The summed E-state index contributed by atoms with van der Waals surface area (Å²) in [5.41, 5.74) is -0.467. The third-order valence-electron chi connectivity index (χ3n) is 2.86. The third-order valence-corrected chi connectivity index (χ3v) is 2.86. The van der Waals surface area contributed by atoms with Crippen LogP contribution in [0, 0.1) is 0 Å². The fraction of sp³-hybridized carbons (Fsp3) is 0.231. The van der Waals surface area contributed by atoms with Crippen molar-refractivity contribution in [2.45, 2.75) is 6.04 Å². The van der Waals surface area contributed by atoms with E-state index in [0.29, 0.717) is 10.9 Å². The zero-order valence-corrected chi connectivity index (χ0v) is 11.1. The minimum absolute atomic E-state index is 0.302. The van der Waals surface area contributed by atoms with Crippen LogP contribution in [-0.4, -0.2) is 46.9 Å². The number of hydrogen-bond donors (Lipinski definition) is 3. The first-order valence-electron chi connectivity index (χ1n) is 6.05. The average Bonchev–Trinajstić information content (AvgIpc) is 2.52. The second-order valence-electron chi connectivity index (χ2n) is 4.18. The highest BCUT2D eigenvalue weighted by Gasteiger charge is 2.23. The number of esters is 1. The van der Waals surface area contributed by atoms with Crippen LogP contribution in [0.2, 0.25) is 0 Å². The van der Waals surface area contributed by atoms with Gasteiger partial charge in [-0.15, -0.1) is 0 Å². The maximum absolute atomic E-state index is 12.2. The second-order valence-corrected chi connectivity index (χ2v) is 4.18. The molecule has 0 radical (unpaired) electrons. The number of H-pyrrole nitrogens is 1. The van der Waals surface area contributed by atoms with E-state index >= 15 is 0 Å². The summed E-state index contributed by atoms with van der Waals surface area (Å²) in [6, 6.07) is 5.32. The number of nitrogens with one attached hydrogen (secondary N) is 2. The van der Waals surface area contributed by atoms with E-state index in [4.69, 9.17) is 5.11 Å². The maximum atomic E-state index is 12.2. The van der Waals surface area contributed by atoms with Crippen molar-refractivity contribution in [3.05, 3.63) is 40.2 Å². The molecule has 2 rings (SSSR count). The topological polar surface area (TPSA) is 121 Å². The number of fused-ring (bicyclic) bond motifs is 1. The van der Waals surface area contributed by atoms with E-state index in [0.717, 1.165) is 7.11 Å². The summed E-state index contributed by atoms with van der Waals surface area (Å²) in [4.78, 5) is 35.4. The summed E-state index contributed by atoms with van der Waals surface area (Å²) in [5, 5.41) is 17.8. The van der Waals surface area contributed by atoms with Crippen LogP contribution < -0.4 is 10.7 Å². The lowest BCUT2D eigenvalue weighted by Crippen LogP contribution is -2.45. The molecule has 1 heterocycles. The first kappa shape index (κ1) is 14.7. The molecule has 110 valence electrons. The van der Waals surface area contributed by atoms with E-state index in [1.54, 1.807) is 24.3 Å². The van der Waals surface area contributed by atoms with Crippen molar-refractivity contribution in [2.75, 3.05) is 13.7 Å². The molecule has 0 unspecified atom stereocenters. The Morgan fingerprint density at radius 3 is 2.81 bits per heavy atom. The molecule has 1 aromatic heterocycles. The molecular weight excluding hydrogens is 278 g/mol. The summed E-state index contributed by atoms with van der Waals surface area (Å²) >= 11 is 0. The number of aliphatic hydroxyl groups is 1. The molecule has 0 spiro atoms. The predicted octanol–water partition coefficient (Wildman–Crippen LogP) is -0.813. The minimum Gasteiger partial charge on any atom is -0.467 e. The van der Waals surface area contributed by atoms with Gasteiger partial charge >= 0.3 is 5.97 Å². The number of methoxy groups -OCH3 is 1. The zero-order valence-electron chi connectivity index (χ0n) is 11.1. The molecule has 0 bridgehead atoms. The third kappa shape index (κ3) is 2.90. The number of aliphatic hydroxyl groups excluding tert-OH is 1. The molecule has 0 aliphatic rings. The Hall–Kier alpha value is -2.74. The Labute approximate surface area is 118 Å². The molecule has 2 aromatic rings. The SMILES string of the molecule is COC(=O)[C@H](CO)NC(=O)c1n[nH]c2ccccc2c1=O. The maximum Gasteiger partial charge on any atom is 0.330 e. The molecular formula is C13H13N3O5. The van der Waals surface area contributed by atoms with Crippen molar-refractivity contribution in [3.63, 3.8) is 0 Å². The molecule has 1 aromatic carbocycles. The summed E-state index contributed by atoms with van der Waals surface area (Å²) in [5.74, 6) is -1.69. The van der Waals surface area contributed by atoms with Gasteiger partial charge in [-0.05, 0) is 12.1 Å². The van der Waals surface area contributed by atoms with Gasteiger partial charge in [-0.25, -0.2) is 4.79 Å². The molecule has 8 heteroatoms. The number of ether oxygens (including phenoxy) is 1. The Bertz CT molecular complexity index is 740. The summed E-state index contributed by atoms with van der Waals surface area (Å²) < 4.78 is 4.42. The highest BCUT2D eigenvalue weighted by atomic mass is 16.5. The van der Waals surface area contributed by atoms with Crippen molar-refractivity contribution in [1.29, 1.82) is 0 Å². The number of rotatable bonds is 4. The molecule has 0 saturated carbocycles. The Balaban J connectivity index is 2.34. The lowest BCUT2D eigenvalue weighted by atomic mass is 10.2. The highest BCUT2D eigenvalue weighted by molar-refractivity contribution is 5.97. The van der Waals surface area contributed by atoms with Gasteiger partial charge in [0, 0.05) is 5.39 Å². The number of carbonyl (C=O) groups is 2. The molecule has 21 heavy (non-hydrogen) atoms. The van der Waals surface area contributed by atoms with Gasteiger partial charge in [0.05, 0.1) is 19.2 Å². The molecule has 1 atom stereocenters.